The second kappa shape index (κ2) is 8.35. The van der Waals surface area contributed by atoms with Gasteiger partial charge in [0.2, 0.25) is 0 Å². The van der Waals surface area contributed by atoms with Crippen LogP contribution in [0.2, 0.25) is 18.1 Å². The fourth-order valence-electron chi connectivity index (χ4n) is 3.14. The molecule has 1 heterocycles. The summed E-state index contributed by atoms with van der Waals surface area (Å²) >= 11 is 0. The molecule has 33 heavy (non-hydrogen) atoms. The summed E-state index contributed by atoms with van der Waals surface area (Å²) in [6.07, 6.45) is 0. The highest BCUT2D eigenvalue weighted by atomic mass is 32.2. The minimum atomic E-state index is -5.49. The average Bonchev–Trinajstić information content (AvgIpc) is 2.97. The van der Waals surface area contributed by atoms with Gasteiger partial charge >= 0.3 is 15.5 Å². The number of sulfonamides is 1. The van der Waals surface area contributed by atoms with Crippen LogP contribution in [0.25, 0.3) is 0 Å². The first kappa shape index (κ1) is 25.1. The third-order valence-electron chi connectivity index (χ3n) is 6.03. The summed E-state index contributed by atoms with van der Waals surface area (Å²) in [6, 6.07) is 11.0. The Labute approximate surface area is 192 Å². The zero-order valence-corrected chi connectivity index (χ0v) is 20.9. The minimum Gasteiger partial charge on any atom is -0.543 e. The number of nitrogens with one attached hydrogen (secondary N) is 1. The van der Waals surface area contributed by atoms with Crippen molar-refractivity contribution >= 4 is 29.9 Å². The number of amides is 1. The molecule has 0 aliphatic carbocycles. The molecule has 180 valence electrons. The van der Waals surface area contributed by atoms with Gasteiger partial charge in [0.25, 0.3) is 14.2 Å². The first-order valence-electron chi connectivity index (χ1n) is 10.3. The highest BCUT2D eigenvalue weighted by Crippen LogP contribution is 2.40. The van der Waals surface area contributed by atoms with Crippen molar-refractivity contribution in [1.29, 1.82) is 0 Å². The van der Waals surface area contributed by atoms with Crippen LogP contribution in [-0.4, -0.2) is 33.1 Å². The van der Waals surface area contributed by atoms with Gasteiger partial charge in [-0.05, 0) is 47.5 Å². The molecule has 1 aliphatic heterocycles. The van der Waals surface area contributed by atoms with Crippen LogP contribution in [-0.2, 0) is 23.1 Å². The smallest absolute Gasteiger partial charge is 0.516 e. The number of hydrogen-bond donors (Lipinski definition) is 1. The largest absolute Gasteiger partial charge is 0.543 e. The van der Waals surface area contributed by atoms with Gasteiger partial charge in [-0.2, -0.15) is 21.6 Å². The number of rotatable bonds is 6. The van der Waals surface area contributed by atoms with Crippen LogP contribution in [0, 0.1) is 0 Å². The first-order chi connectivity index (χ1) is 15.0. The number of anilines is 1. The summed E-state index contributed by atoms with van der Waals surface area (Å²) in [5.74, 6) is 0.393. The van der Waals surface area contributed by atoms with E-state index < -0.39 is 23.8 Å². The van der Waals surface area contributed by atoms with E-state index in [-0.39, 0.29) is 23.2 Å². The van der Waals surface area contributed by atoms with E-state index in [0.717, 1.165) is 5.56 Å². The molecule has 0 bridgehead atoms. The van der Waals surface area contributed by atoms with E-state index in [1.165, 1.54) is 29.0 Å². The summed E-state index contributed by atoms with van der Waals surface area (Å²) in [5, 5.41) is -0.0353. The van der Waals surface area contributed by atoms with Crippen molar-refractivity contribution in [3.8, 4) is 5.75 Å². The second-order valence-corrected chi connectivity index (χ2v) is 16.0. The van der Waals surface area contributed by atoms with E-state index in [9.17, 15) is 26.4 Å². The Morgan fingerprint density at radius 2 is 1.67 bits per heavy atom. The van der Waals surface area contributed by atoms with Crippen LogP contribution in [0.5, 0.6) is 5.75 Å². The number of nitrogens with zero attached hydrogens (tertiary/aromatic N) is 1. The maximum absolute atomic E-state index is 13.2. The van der Waals surface area contributed by atoms with Crippen molar-refractivity contribution < 1.29 is 30.8 Å². The zero-order chi connectivity index (χ0) is 24.8. The molecule has 0 atom stereocenters. The molecule has 3 rings (SSSR count). The number of halogens is 3. The second-order valence-electron chi connectivity index (χ2n) is 9.56. The van der Waals surface area contributed by atoms with Crippen molar-refractivity contribution in [2.24, 2.45) is 0 Å². The Hall–Kier alpha value is -2.53. The topological polar surface area (TPSA) is 75.7 Å². The molecule has 0 saturated heterocycles. The van der Waals surface area contributed by atoms with Crippen molar-refractivity contribution in [3.63, 3.8) is 0 Å². The van der Waals surface area contributed by atoms with Gasteiger partial charge < -0.3 is 9.33 Å². The molecule has 0 fully saturated rings. The Bertz CT molecular complexity index is 1160. The lowest BCUT2D eigenvalue weighted by Crippen LogP contribution is -2.44. The number of fused-ring (bicyclic) bond motifs is 1. The number of carbonyl (C=O) groups is 1. The standard InChI is InChI=1S/C22H27F3N2O4SSi/c1-21(2,3)33(4,5)31-18-8-6-7-16-14-27(20(28)19(16)18)13-15-9-11-17(12-10-15)26-32(29,30)22(23,24)25/h6-12,26H,13-14H2,1-5H3. The van der Waals surface area contributed by atoms with E-state index >= 15 is 0 Å². The predicted octanol–water partition coefficient (Wildman–Crippen LogP) is 5.49. The van der Waals surface area contributed by atoms with Crippen molar-refractivity contribution in [2.45, 2.75) is 57.5 Å². The number of hydrogen-bond acceptors (Lipinski definition) is 4. The van der Waals surface area contributed by atoms with Gasteiger partial charge in [-0.25, -0.2) is 0 Å². The van der Waals surface area contributed by atoms with E-state index in [0.29, 0.717) is 23.4 Å². The molecular formula is C22H27F3N2O4SSi. The fourth-order valence-corrected chi connectivity index (χ4v) is 4.73. The molecule has 1 aliphatic rings. The van der Waals surface area contributed by atoms with Gasteiger partial charge in [0.15, 0.2) is 0 Å². The predicted molar refractivity (Wildman–Crippen MR) is 123 cm³/mol. The Balaban J connectivity index is 1.76. The zero-order valence-electron chi connectivity index (χ0n) is 19.1. The van der Waals surface area contributed by atoms with Crippen LogP contribution in [0.1, 0.15) is 42.3 Å². The van der Waals surface area contributed by atoms with Crippen LogP contribution < -0.4 is 9.15 Å². The Morgan fingerprint density at radius 1 is 1.06 bits per heavy atom. The van der Waals surface area contributed by atoms with Gasteiger partial charge in [-0.1, -0.05) is 45.0 Å². The quantitative estimate of drug-likeness (QED) is 0.533. The van der Waals surface area contributed by atoms with Gasteiger partial charge in [0.05, 0.1) is 5.56 Å². The summed E-state index contributed by atoms with van der Waals surface area (Å²) in [4.78, 5) is 14.8. The number of benzene rings is 2. The van der Waals surface area contributed by atoms with Gasteiger partial charge in [0.1, 0.15) is 5.75 Å². The maximum Gasteiger partial charge on any atom is 0.516 e. The molecule has 1 amide bonds. The van der Waals surface area contributed by atoms with Crippen molar-refractivity contribution in [3.05, 3.63) is 59.2 Å². The highest BCUT2D eigenvalue weighted by molar-refractivity contribution is 7.93. The SMILES string of the molecule is CC(C)(C)[Si](C)(C)Oc1cccc2c1C(=O)N(Cc1ccc(NS(=O)(=O)C(F)(F)F)cc1)C2. The molecule has 0 saturated carbocycles. The fraction of sp³-hybridized carbons (Fsp3) is 0.409. The van der Waals surface area contributed by atoms with E-state index in [2.05, 4.69) is 33.9 Å². The Kier molecular flexibility index (Phi) is 6.35. The summed E-state index contributed by atoms with van der Waals surface area (Å²) in [7, 11) is -7.65. The molecule has 0 radical (unpaired) electrons. The van der Waals surface area contributed by atoms with E-state index in [4.69, 9.17) is 4.43 Å². The Morgan fingerprint density at radius 3 is 2.21 bits per heavy atom. The molecule has 2 aromatic carbocycles. The van der Waals surface area contributed by atoms with Crippen LogP contribution in [0.15, 0.2) is 42.5 Å². The molecule has 0 unspecified atom stereocenters. The molecule has 0 spiro atoms. The molecule has 11 heteroatoms. The van der Waals surface area contributed by atoms with Gasteiger partial charge in [-0.3, -0.25) is 9.52 Å². The number of carbonyl (C=O) groups excluding carboxylic acids is 1. The van der Waals surface area contributed by atoms with E-state index in [1.807, 2.05) is 18.2 Å². The van der Waals surface area contributed by atoms with Gasteiger partial charge in [-0.15, -0.1) is 0 Å². The first-order valence-corrected chi connectivity index (χ1v) is 14.7. The third-order valence-corrected chi connectivity index (χ3v) is 11.5. The number of alkyl halides is 3. The summed E-state index contributed by atoms with van der Waals surface area (Å²) < 4.78 is 68.0. The molecule has 2 aromatic rings. The minimum absolute atomic E-state index is 0.0353. The maximum atomic E-state index is 13.2. The normalized spacial score (nSPS) is 14.9. The lowest BCUT2D eigenvalue weighted by Gasteiger charge is -2.36. The average molecular weight is 501 g/mol. The van der Waals surface area contributed by atoms with Crippen LogP contribution in [0.3, 0.4) is 0 Å². The van der Waals surface area contributed by atoms with Crippen molar-refractivity contribution in [1.82, 2.24) is 4.90 Å². The van der Waals surface area contributed by atoms with E-state index in [1.54, 1.807) is 4.90 Å². The lowest BCUT2D eigenvalue weighted by atomic mass is 10.1. The van der Waals surface area contributed by atoms with Crippen LogP contribution in [0.4, 0.5) is 18.9 Å². The molecular weight excluding hydrogens is 473 g/mol. The molecule has 1 N–H and O–H groups in total. The summed E-state index contributed by atoms with van der Waals surface area (Å²) in [6.45, 7) is 11.2. The summed E-state index contributed by atoms with van der Waals surface area (Å²) in [5.41, 5.74) is -3.57. The van der Waals surface area contributed by atoms with Gasteiger partial charge in [0, 0.05) is 18.8 Å². The van der Waals surface area contributed by atoms with Crippen LogP contribution >= 0.6 is 0 Å². The molecule has 0 aromatic heterocycles. The molecule has 6 nitrogen and oxygen atoms in total. The van der Waals surface area contributed by atoms with Crippen molar-refractivity contribution in [2.75, 3.05) is 4.72 Å². The lowest BCUT2D eigenvalue weighted by molar-refractivity contribution is -0.0429. The monoisotopic (exact) mass is 500 g/mol. The third kappa shape index (κ3) is 5.19. The highest BCUT2D eigenvalue weighted by Gasteiger charge is 2.46.